The number of allylic oxidation sites excluding steroid dienone is 4. The molecule has 0 saturated heterocycles. The Hall–Kier alpha value is -0.820. The summed E-state index contributed by atoms with van der Waals surface area (Å²) < 4.78 is 0. The average Bonchev–Trinajstić information content (AvgIpc) is 2.00. The number of hydrogen-bond acceptors (Lipinski definition) is 1. The van der Waals surface area contributed by atoms with Crippen molar-refractivity contribution in [2.45, 2.75) is 33.3 Å². The molecule has 0 amide bonds. The molecule has 68 valence electrons. The van der Waals surface area contributed by atoms with Gasteiger partial charge >= 0.3 is 0 Å². The molecule has 0 aromatic heterocycles. The number of aliphatic hydroxyl groups excluding tert-OH is 1. The molecule has 0 radical (unpaired) electrons. The molecule has 0 bridgehead atoms. The zero-order chi connectivity index (χ0) is 9.56. The minimum atomic E-state index is -0.293. The Labute approximate surface area is 75.1 Å². The van der Waals surface area contributed by atoms with Gasteiger partial charge in [0.25, 0.3) is 0 Å². The smallest absolute Gasteiger partial charge is 0.0552 e. The van der Waals surface area contributed by atoms with E-state index in [1.807, 2.05) is 32.1 Å². The molecule has 0 aliphatic rings. The van der Waals surface area contributed by atoms with Gasteiger partial charge in [0.2, 0.25) is 0 Å². The second-order valence-corrected chi connectivity index (χ2v) is 2.97. The van der Waals surface area contributed by atoms with E-state index in [1.165, 1.54) is 5.57 Å². The Morgan fingerprint density at radius 2 is 2.17 bits per heavy atom. The molecule has 1 atom stereocenters. The summed E-state index contributed by atoms with van der Waals surface area (Å²) >= 11 is 0. The summed E-state index contributed by atoms with van der Waals surface area (Å²) in [5, 5.41) is 9.16. The van der Waals surface area contributed by atoms with Crippen LogP contribution in [0.15, 0.2) is 36.0 Å². The summed E-state index contributed by atoms with van der Waals surface area (Å²) in [6.45, 7) is 9.50. The van der Waals surface area contributed by atoms with Crippen LogP contribution in [-0.2, 0) is 0 Å². The minimum Gasteiger partial charge on any atom is -0.393 e. The molecule has 12 heavy (non-hydrogen) atoms. The Bertz CT molecular complexity index is 197. The third kappa shape index (κ3) is 4.14. The van der Waals surface area contributed by atoms with Crippen molar-refractivity contribution < 1.29 is 5.11 Å². The molecule has 0 heterocycles. The lowest BCUT2D eigenvalue weighted by molar-refractivity contribution is 0.196. The van der Waals surface area contributed by atoms with Crippen molar-refractivity contribution in [1.82, 2.24) is 0 Å². The van der Waals surface area contributed by atoms with Gasteiger partial charge < -0.3 is 5.11 Å². The van der Waals surface area contributed by atoms with Crippen LogP contribution in [0.2, 0.25) is 0 Å². The van der Waals surface area contributed by atoms with Crippen molar-refractivity contribution in [2.75, 3.05) is 0 Å². The molecule has 0 rings (SSSR count). The van der Waals surface area contributed by atoms with Gasteiger partial charge in [0, 0.05) is 0 Å². The van der Waals surface area contributed by atoms with E-state index in [4.69, 9.17) is 5.11 Å². The van der Waals surface area contributed by atoms with E-state index >= 15 is 0 Å². The van der Waals surface area contributed by atoms with Gasteiger partial charge in [-0.25, -0.2) is 0 Å². The molecule has 0 spiro atoms. The van der Waals surface area contributed by atoms with Gasteiger partial charge in [-0.2, -0.15) is 0 Å². The van der Waals surface area contributed by atoms with Crippen LogP contribution in [0, 0.1) is 0 Å². The summed E-state index contributed by atoms with van der Waals surface area (Å²) in [6, 6.07) is 0. The number of aliphatic hydroxyl groups is 1. The molecule has 0 aromatic rings. The van der Waals surface area contributed by atoms with Gasteiger partial charge in [-0.15, -0.1) is 0 Å². The molecular formula is C11H18O. The lowest BCUT2D eigenvalue weighted by Crippen LogP contribution is -2.01. The summed E-state index contributed by atoms with van der Waals surface area (Å²) in [5.74, 6) is 0. The maximum Gasteiger partial charge on any atom is 0.0552 e. The first-order valence-corrected chi connectivity index (χ1v) is 4.24. The molecule has 0 aliphatic carbocycles. The van der Waals surface area contributed by atoms with Crippen molar-refractivity contribution in [3.8, 4) is 0 Å². The normalized spacial score (nSPS) is 16.0. The van der Waals surface area contributed by atoms with Gasteiger partial charge in [0.1, 0.15) is 0 Å². The third-order valence-electron chi connectivity index (χ3n) is 1.68. The van der Waals surface area contributed by atoms with Crippen LogP contribution < -0.4 is 0 Å². The van der Waals surface area contributed by atoms with Crippen molar-refractivity contribution in [1.29, 1.82) is 0 Å². The summed E-state index contributed by atoms with van der Waals surface area (Å²) in [7, 11) is 0. The van der Waals surface area contributed by atoms with E-state index in [-0.39, 0.29) is 6.10 Å². The molecule has 0 aromatic carbocycles. The van der Waals surface area contributed by atoms with E-state index in [0.29, 0.717) is 6.42 Å². The zero-order valence-electron chi connectivity index (χ0n) is 8.17. The van der Waals surface area contributed by atoms with E-state index < -0.39 is 0 Å². The zero-order valence-corrected chi connectivity index (χ0v) is 8.17. The fourth-order valence-corrected chi connectivity index (χ4v) is 1.08. The van der Waals surface area contributed by atoms with Crippen molar-refractivity contribution >= 4 is 0 Å². The monoisotopic (exact) mass is 166 g/mol. The van der Waals surface area contributed by atoms with Crippen molar-refractivity contribution in [2.24, 2.45) is 0 Å². The molecule has 1 N–H and O–H groups in total. The van der Waals surface area contributed by atoms with Crippen LogP contribution in [-0.4, -0.2) is 11.2 Å². The Kier molecular flexibility index (Phi) is 5.39. The summed E-state index contributed by atoms with van der Waals surface area (Å²) in [6.07, 6.45) is 6.21. The summed E-state index contributed by atoms with van der Waals surface area (Å²) in [5.41, 5.74) is 2.29. The molecule has 0 unspecified atom stereocenters. The highest BCUT2D eigenvalue weighted by molar-refractivity contribution is 5.30. The lowest BCUT2D eigenvalue weighted by Gasteiger charge is -2.07. The fourth-order valence-electron chi connectivity index (χ4n) is 1.08. The van der Waals surface area contributed by atoms with Crippen LogP contribution in [0.3, 0.4) is 0 Å². The van der Waals surface area contributed by atoms with E-state index in [1.54, 1.807) is 6.92 Å². The molecule has 1 heteroatoms. The predicted molar refractivity (Wildman–Crippen MR) is 54.0 cm³/mol. The predicted octanol–water partition coefficient (Wildman–Crippen LogP) is 2.84. The minimum absolute atomic E-state index is 0.293. The third-order valence-corrected chi connectivity index (χ3v) is 1.68. The second kappa shape index (κ2) is 5.78. The van der Waals surface area contributed by atoms with Crippen LogP contribution >= 0.6 is 0 Å². The highest BCUT2D eigenvalue weighted by Gasteiger charge is 2.00. The molecular weight excluding hydrogens is 148 g/mol. The largest absolute Gasteiger partial charge is 0.393 e. The van der Waals surface area contributed by atoms with Gasteiger partial charge in [0.05, 0.1) is 6.10 Å². The quantitative estimate of drug-likeness (QED) is 0.637. The Balaban J connectivity index is 4.49. The Morgan fingerprint density at radius 1 is 1.58 bits per heavy atom. The van der Waals surface area contributed by atoms with Crippen molar-refractivity contribution in [3.05, 3.63) is 36.0 Å². The van der Waals surface area contributed by atoms with E-state index in [2.05, 4.69) is 6.58 Å². The fraction of sp³-hybridized carbons (Fsp3) is 0.455. The lowest BCUT2D eigenvalue weighted by atomic mass is 10.0. The van der Waals surface area contributed by atoms with Gasteiger partial charge in [-0.3, -0.25) is 0 Å². The van der Waals surface area contributed by atoms with Crippen molar-refractivity contribution in [3.63, 3.8) is 0 Å². The van der Waals surface area contributed by atoms with Crippen LogP contribution in [0.4, 0.5) is 0 Å². The first kappa shape index (κ1) is 11.2. The van der Waals surface area contributed by atoms with Crippen LogP contribution in [0.1, 0.15) is 27.2 Å². The number of hydrogen-bond donors (Lipinski definition) is 1. The summed E-state index contributed by atoms with van der Waals surface area (Å²) in [4.78, 5) is 0. The first-order chi connectivity index (χ1) is 5.61. The van der Waals surface area contributed by atoms with E-state index in [9.17, 15) is 0 Å². The van der Waals surface area contributed by atoms with Crippen LogP contribution in [0.5, 0.6) is 0 Å². The Morgan fingerprint density at radius 3 is 2.50 bits per heavy atom. The highest BCUT2D eigenvalue weighted by atomic mass is 16.3. The second-order valence-electron chi connectivity index (χ2n) is 2.97. The molecule has 1 nitrogen and oxygen atoms in total. The SMILES string of the molecule is C=C/C(C[C@@H](C)O)=C(C)\C=C/C. The first-order valence-electron chi connectivity index (χ1n) is 4.24. The molecule has 0 fully saturated rings. The highest BCUT2D eigenvalue weighted by Crippen LogP contribution is 2.13. The van der Waals surface area contributed by atoms with Crippen LogP contribution in [0.25, 0.3) is 0 Å². The van der Waals surface area contributed by atoms with Gasteiger partial charge in [0.15, 0.2) is 0 Å². The van der Waals surface area contributed by atoms with Gasteiger partial charge in [-0.05, 0) is 38.3 Å². The maximum atomic E-state index is 9.16. The van der Waals surface area contributed by atoms with E-state index in [0.717, 1.165) is 5.57 Å². The standard InChI is InChI=1S/C11H18O/c1-5-7-9(3)11(6-2)8-10(4)12/h5-7,10,12H,2,8H2,1,3-4H3/b7-5-,11-9+/t10-/m1/s1. The average molecular weight is 166 g/mol. The number of rotatable bonds is 4. The molecule has 0 saturated carbocycles. The topological polar surface area (TPSA) is 20.2 Å². The molecule has 0 aliphatic heterocycles. The maximum absolute atomic E-state index is 9.16. The van der Waals surface area contributed by atoms with Gasteiger partial charge in [-0.1, -0.05) is 24.8 Å².